The first kappa shape index (κ1) is 30.9. The van der Waals surface area contributed by atoms with Crippen LogP contribution in [0, 0.1) is 6.92 Å². The zero-order chi connectivity index (χ0) is 28.3. The summed E-state index contributed by atoms with van der Waals surface area (Å²) < 4.78 is 32.7. The highest BCUT2D eigenvalue weighted by molar-refractivity contribution is 7.92. The molecular weight excluding hydrogens is 506 g/mol. The second-order valence-corrected chi connectivity index (χ2v) is 11.2. The molecule has 0 atom stereocenters. The van der Waals surface area contributed by atoms with Crippen molar-refractivity contribution in [3.05, 3.63) is 59.2 Å². The van der Waals surface area contributed by atoms with Gasteiger partial charge in [0.25, 0.3) is 15.9 Å². The zero-order valence-electron chi connectivity index (χ0n) is 22.9. The van der Waals surface area contributed by atoms with Crippen LogP contribution in [0.15, 0.2) is 47.4 Å². The van der Waals surface area contributed by atoms with Crippen molar-refractivity contribution in [2.24, 2.45) is 0 Å². The first-order valence-electron chi connectivity index (χ1n) is 12.7. The normalized spacial score (nSPS) is 11.4. The van der Waals surface area contributed by atoms with Gasteiger partial charge < -0.3 is 9.64 Å². The highest BCUT2D eigenvalue weighted by Crippen LogP contribution is 2.31. The molecule has 0 spiro atoms. The number of hydroxylamine groups is 1. The monoisotopic (exact) mass is 545 g/mol. The Labute approximate surface area is 226 Å². The zero-order valence-corrected chi connectivity index (χ0v) is 23.7. The largest absolute Gasteiger partial charge is 0.497 e. The van der Waals surface area contributed by atoms with Gasteiger partial charge in [-0.25, -0.2) is 13.9 Å². The molecule has 0 fully saturated rings. The lowest BCUT2D eigenvalue weighted by molar-refractivity contribution is -0.124. The predicted octanol–water partition coefficient (Wildman–Crippen LogP) is 4.78. The Morgan fingerprint density at radius 2 is 1.66 bits per heavy atom. The van der Waals surface area contributed by atoms with Crippen molar-refractivity contribution < 1.29 is 28.0 Å². The second-order valence-electron chi connectivity index (χ2n) is 9.18. The van der Waals surface area contributed by atoms with Gasteiger partial charge in [-0.1, -0.05) is 39.0 Å². The number of unbranched alkanes of at least 4 members (excludes halogenated alkanes) is 5. The van der Waals surface area contributed by atoms with Crippen LogP contribution in [0.1, 0.15) is 66.9 Å². The standard InChI is InChI=1S/C28H39N3O6S/c1-6-7-8-9-10-11-18-30(3)26(32)17-12-22-19-21(2)27(25(20-22)28(33)29-34)31(4)38(35,36)24-15-13-23(37-5)14-16-24/h12-17,19-20,34H,6-11,18H2,1-5H3,(H,29,33)/b17-12+. The third-order valence-electron chi connectivity index (χ3n) is 6.34. The summed E-state index contributed by atoms with van der Waals surface area (Å²) in [5, 5.41) is 9.33. The van der Waals surface area contributed by atoms with E-state index in [2.05, 4.69) is 6.92 Å². The fraction of sp³-hybridized carbons (Fsp3) is 0.429. The quantitative estimate of drug-likeness (QED) is 0.153. The molecule has 0 heterocycles. The molecule has 0 unspecified atom stereocenters. The van der Waals surface area contributed by atoms with Gasteiger partial charge in [-0.3, -0.25) is 19.1 Å². The number of methoxy groups -OCH3 is 1. The molecule has 2 aromatic carbocycles. The maximum atomic E-state index is 13.3. The molecule has 0 aliphatic rings. The number of carbonyl (C=O) groups excluding carboxylic acids is 2. The molecule has 0 aromatic heterocycles. The van der Waals surface area contributed by atoms with Crippen LogP contribution in [0.5, 0.6) is 5.75 Å². The van der Waals surface area contributed by atoms with Crippen molar-refractivity contribution >= 4 is 33.6 Å². The number of carbonyl (C=O) groups is 2. The number of ether oxygens (including phenoxy) is 1. The number of nitrogens with zero attached hydrogens (tertiary/aromatic N) is 2. The second kappa shape index (κ2) is 14.5. The molecule has 38 heavy (non-hydrogen) atoms. The van der Waals surface area contributed by atoms with Crippen molar-refractivity contribution in [1.82, 2.24) is 10.4 Å². The minimum absolute atomic E-state index is 0.0125. The number of hydrogen-bond acceptors (Lipinski definition) is 6. The Morgan fingerprint density at radius 1 is 1.03 bits per heavy atom. The first-order chi connectivity index (χ1) is 18.1. The molecular formula is C28H39N3O6S. The summed E-state index contributed by atoms with van der Waals surface area (Å²) in [6.45, 7) is 4.49. The van der Waals surface area contributed by atoms with E-state index in [0.29, 0.717) is 23.4 Å². The average Bonchev–Trinajstić information content (AvgIpc) is 2.92. The Morgan fingerprint density at radius 3 is 2.26 bits per heavy atom. The fourth-order valence-corrected chi connectivity index (χ4v) is 5.39. The summed E-state index contributed by atoms with van der Waals surface area (Å²) >= 11 is 0. The Balaban J connectivity index is 2.26. The molecule has 0 bridgehead atoms. The molecule has 2 N–H and O–H groups in total. The topological polar surface area (TPSA) is 116 Å². The van der Waals surface area contributed by atoms with Gasteiger partial charge in [0, 0.05) is 26.7 Å². The van der Waals surface area contributed by atoms with E-state index in [1.165, 1.54) is 69.8 Å². The van der Waals surface area contributed by atoms with E-state index in [0.717, 1.165) is 23.6 Å². The maximum absolute atomic E-state index is 13.3. The molecule has 0 aliphatic carbocycles. The molecule has 9 nitrogen and oxygen atoms in total. The number of benzene rings is 2. The van der Waals surface area contributed by atoms with Crippen molar-refractivity contribution in [1.29, 1.82) is 0 Å². The summed E-state index contributed by atoms with van der Waals surface area (Å²) in [5.41, 5.74) is 2.62. The number of hydrogen-bond donors (Lipinski definition) is 2. The summed E-state index contributed by atoms with van der Waals surface area (Å²) in [6.07, 6.45) is 9.81. The number of nitrogens with one attached hydrogen (secondary N) is 1. The Hall–Kier alpha value is -3.37. The number of rotatable bonds is 14. The SMILES string of the molecule is CCCCCCCCN(C)C(=O)/C=C/c1cc(C)c(N(C)S(=O)(=O)c2ccc(OC)cc2)c(C(=O)NO)c1. The van der Waals surface area contributed by atoms with Crippen LogP contribution in [0.4, 0.5) is 5.69 Å². The lowest BCUT2D eigenvalue weighted by Crippen LogP contribution is -2.31. The van der Waals surface area contributed by atoms with Crippen LogP contribution < -0.4 is 14.5 Å². The minimum atomic E-state index is -4.03. The molecule has 0 aliphatic heterocycles. The molecule has 208 valence electrons. The van der Waals surface area contributed by atoms with Gasteiger partial charge in [-0.05, 0) is 66.9 Å². The van der Waals surface area contributed by atoms with Gasteiger partial charge in [0.2, 0.25) is 5.91 Å². The summed E-state index contributed by atoms with van der Waals surface area (Å²) in [4.78, 5) is 26.8. The van der Waals surface area contributed by atoms with Crippen molar-refractivity contribution in [2.75, 3.05) is 32.1 Å². The van der Waals surface area contributed by atoms with E-state index < -0.39 is 15.9 Å². The van der Waals surface area contributed by atoms with Gasteiger partial charge in [0.05, 0.1) is 23.3 Å². The lowest BCUT2D eigenvalue weighted by atomic mass is 10.0. The Kier molecular flexibility index (Phi) is 11.8. The van der Waals surface area contributed by atoms with Crippen LogP contribution in [0.3, 0.4) is 0 Å². The van der Waals surface area contributed by atoms with E-state index in [1.807, 2.05) is 0 Å². The smallest absolute Gasteiger partial charge is 0.276 e. The van der Waals surface area contributed by atoms with Gasteiger partial charge in [-0.15, -0.1) is 0 Å². The molecule has 2 rings (SSSR count). The van der Waals surface area contributed by atoms with Gasteiger partial charge >= 0.3 is 0 Å². The van der Waals surface area contributed by atoms with E-state index in [1.54, 1.807) is 36.5 Å². The summed E-state index contributed by atoms with van der Waals surface area (Å²) in [6, 6.07) is 9.01. The van der Waals surface area contributed by atoms with Crippen LogP contribution in [0.2, 0.25) is 0 Å². The maximum Gasteiger partial charge on any atom is 0.276 e. The van der Waals surface area contributed by atoms with E-state index in [9.17, 15) is 23.2 Å². The van der Waals surface area contributed by atoms with Crippen molar-refractivity contribution in [3.8, 4) is 5.75 Å². The Bertz CT molecular complexity index is 1230. The molecule has 2 aromatic rings. The van der Waals surface area contributed by atoms with Crippen molar-refractivity contribution in [3.63, 3.8) is 0 Å². The number of likely N-dealkylation sites (N-methyl/N-ethyl adjacent to an activating group) is 1. The molecule has 0 saturated carbocycles. The van der Waals surface area contributed by atoms with Crippen LogP contribution in [0.25, 0.3) is 6.08 Å². The van der Waals surface area contributed by atoms with Gasteiger partial charge in [0.1, 0.15) is 5.75 Å². The average molecular weight is 546 g/mol. The first-order valence-corrected chi connectivity index (χ1v) is 14.2. The number of anilines is 1. The van der Waals surface area contributed by atoms with E-state index >= 15 is 0 Å². The summed E-state index contributed by atoms with van der Waals surface area (Å²) in [7, 11) is 0.536. The number of amides is 2. The number of sulfonamides is 1. The van der Waals surface area contributed by atoms with Gasteiger partial charge in [-0.2, -0.15) is 0 Å². The number of aryl methyl sites for hydroxylation is 1. The third kappa shape index (κ3) is 8.06. The van der Waals surface area contributed by atoms with Gasteiger partial charge in [0.15, 0.2) is 0 Å². The minimum Gasteiger partial charge on any atom is -0.497 e. The van der Waals surface area contributed by atoms with Crippen LogP contribution in [-0.4, -0.2) is 58.1 Å². The highest BCUT2D eigenvalue weighted by atomic mass is 32.2. The van der Waals surface area contributed by atoms with E-state index in [-0.39, 0.29) is 22.1 Å². The molecule has 0 saturated heterocycles. The molecule has 0 radical (unpaired) electrons. The fourth-order valence-electron chi connectivity index (χ4n) is 4.12. The predicted molar refractivity (Wildman–Crippen MR) is 149 cm³/mol. The lowest BCUT2D eigenvalue weighted by Gasteiger charge is -2.24. The molecule has 10 heteroatoms. The molecule has 2 amide bonds. The van der Waals surface area contributed by atoms with Crippen LogP contribution in [-0.2, 0) is 14.8 Å². The highest BCUT2D eigenvalue weighted by Gasteiger charge is 2.27. The third-order valence-corrected chi connectivity index (χ3v) is 8.11. The van der Waals surface area contributed by atoms with Crippen LogP contribution >= 0.6 is 0 Å². The summed E-state index contributed by atoms with van der Waals surface area (Å²) in [5.74, 6) is -0.541. The van der Waals surface area contributed by atoms with Crippen molar-refractivity contribution in [2.45, 2.75) is 57.3 Å². The van der Waals surface area contributed by atoms with E-state index in [4.69, 9.17) is 4.74 Å².